The number of hydrogen-bond donors (Lipinski definition) is 2. The third kappa shape index (κ3) is 3.80. The van der Waals surface area contributed by atoms with E-state index in [1.54, 1.807) is 19.1 Å². The van der Waals surface area contributed by atoms with Crippen LogP contribution in [0.15, 0.2) is 29.2 Å². The minimum absolute atomic E-state index is 0.0625. The van der Waals surface area contributed by atoms with Gasteiger partial charge in [0.1, 0.15) is 12.1 Å². The molecule has 3 N–H and O–H groups in total. The number of benzene rings is 1. The van der Waals surface area contributed by atoms with Crippen molar-refractivity contribution in [1.82, 2.24) is 0 Å². The van der Waals surface area contributed by atoms with Gasteiger partial charge in [-0.05, 0) is 26.0 Å². The van der Waals surface area contributed by atoms with Gasteiger partial charge in [0.25, 0.3) is 10.1 Å². The molecule has 7 heteroatoms. The highest BCUT2D eigenvalue weighted by atomic mass is 32.2. The lowest BCUT2D eigenvalue weighted by Gasteiger charge is -2.28. The van der Waals surface area contributed by atoms with E-state index in [2.05, 4.69) is 4.74 Å². The van der Waals surface area contributed by atoms with Gasteiger partial charge < -0.3 is 10.5 Å². The van der Waals surface area contributed by atoms with E-state index in [9.17, 15) is 13.2 Å². The molecule has 1 aliphatic heterocycles. The van der Waals surface area contributed by atoms with Crippen molar-refractivity contribution in [3.05, 3.63) is 29.8 Å². The molecule has 18 heavy (non-hydrogen) atoms. The topological polar surface area (TPSA) is 107 Å². The lowest BCUT2D eigenvalue weighted by molar-refractivity contribution is -0.171. The third-order valence-electron chi connectivity index (χ3n) is 2.40. The molecule has 0 aliphatic carbocycles. The summed E-state index contributed by atoms with van der Waals surface area (Å²) in [6, 6.07) is 5.63. The van der Waals surface area contributed by atoms with E-state index in [0.29, 0.717) is 0 Å². The molecule has 0 spiro atoms. The largest absolute Gasteiger partial charge is 0.459 e. The molecule has 1 aliphatic rings. The average Bonchev–Trinajstić information content (AvgIpc) is 2.29. The smallest absolute Gasteiger partial charge is 0.327 e. The van der Waals surface area contributed by atoms with Crippen LogP contribution in [0.3, 0.4) is 0 Å². The zero-order chi connectivity index (χ0) is 13.9. The number of nitrogens with two attached hydrogens (primary N) is 1. The first-order chi connectivity index (χ1) is 8.21. The van der Waals surface area contributed by atoms with Gasteiger partial charge in [-0.25, -0.2) is 0 Å². The molecule has 0 amide bonds. The van der Waals surface area contributed by atoms with Crippen molar-refractivity contribution in [3.8, 4) is 0 Å². The first-order valence-electron chi connectivity index (χ1n) is 5.22. The molecule has 0 aromatic heterocycles. The van der Waals surface area contributed by atoms with Crippen molar-refractivity contribution in [2.45, 2.75) is 30.9 Å². The summed E-state index contributed by atoms with van der Waals surface area (Å²) in [5, 5.41) is 0. The summed E-state index contributed by atoms with van der Waals surface area (Å²) in [5.41, 5.74) is 6.15. The van der Waals surface area contributed by atoms with Crippen molar-refractivity contribution < 1.29 is 22.5 Å². The number of aryl methyl sites for hydroxylation is 1. The molecule has 0 unspecified atom stereocenters. The molecule has 1 aromatic rings. The Labute approximate surface area is 105 Å². The van der Waals surface area contributed by atoms with Gasteiger partial charge in [-0.2, -0.15) is 8.42 Å². The van der Waals surface area contributed by atoms with Crippen LogP contribution in [0.5, 0.6) is 0 Å². The fraction of sp³-hybridized carbons (Fsp3) is 0.364. The number of hydrogen-bond acceptors (Lipinski definition) is 5. The van der Waals surface area contributed by atoms with E-state index in [1.807, 2.05) is 6.92 Å². The summed E-state index contributed by atoms with van der Waals surface area (Å²) in [6.07, 6.45) is -0.0625. The Morgan fingerprint density at radius 1 is 1.28 bits per heavy atom. The summed E-state index contributed by atoms with van der Waals surface area (Å²) >= 11 is 0. The molecule has 1 aromatic carbocycles. The fourth-order valence-corrected chi connectivity index (χ4v) is 1.64. The molecule has 0 saturated carbocycles. The highest BCUT2D eigenvalue weighted by Crippen LogP contribution is 2.09. The van der Waals surface area contributed by atoms with E-state index in [1.165, 1.54) is 12.1 Å². The van der Waals surface area contributed by atoms with Gasteiger partial charge >= 0.3 is 5.97 Å². The summed E-state index contributed by atoms with van der Waals surface area (Å²) in [6.45, 7) is 3.61. The van der Waals surface area contributed by atoms with Crippen LogP contribution in [0.2, 0.25) is 0 Å². The number of esters is 1. The maximum absolute atomic E-state index is 10.5. The predicted octanol–water partition coefficient (Wildman–Crippen LogP) is 0.501. The second kappa shape index (κ2) is 5.47. The summed E-state index contributed by atoms with van der Waals surface area (Å²) in [4.78, 5) is 10.0. The van der Waals surface area contributed by atoms with Gasteiger partial charge in [0.2, 0.25) is 0 Å². The van der Waals surface area contributed by atoms with Crippen LogP contribution in [-0.4, -0.2) is 31.1 Å². The van der Waals surface area contributed by atoms with Gasteiger partial charge in [0.05, 0.1) is 4.90 Å². The van der Waals surface area contributed by atoms with E-state index in [-0.39, 0.29) is 23.0 Å². The lowest BCUT2D eigenvalue weighted by Crippen LogP contribution is -2.54. The Bertz CT molecular complexity index is 523. The van der Waals surface area contributed by atoms with E-state index >= 15 is 0 Å². The Morgan fingerprint density at radius 3 is 2.00 bits per heavy atom. The van der Waals surface area contributed by atoms with Crippen molar-refractivity contribution in [2.24, 2.45) is 5.73 Å². The SMILES string of the molecule is C[C@@H]1OC(=O)[C@@H]1N.Cc1ccc(S(=O)(=O)O)cc1. The van der Waals surface area contributed by atoms with Crippen LogP contribution in [0, 0.1) is 6.92 Å². The molecule has 2 rings (SSSR count). The van der Waals surface area contributed by atoms with E-state index < -0.39 is 10.1 Å². The normalized spacial score (nSPS) is 22.3. The van der Waals surface area contributed by atoms with Gasteiger partial charge in [-0.1, -0.05) is 17.7 Å². The highest BCUT2D eigenvalue weighted by molar-refractivity contribution is 7.85. The Kier molecular flexibility index (Phi) is 4.44. The number of cyclic esters (lactones) is 1. The Morgan fingerprint density at radius 2 is 1.78 bits per heavy atom. The second-order valence-electron chi connectivity index (χ2n) is 3.96. The van der Waals surface area contributed by atoms with Crippen molar-refractivity contribution in [1.29, 1.82) is 0 Å². The zero-order valence-corrected chi connectivity index (χ0v) is 10.8. The predicted molar refractivity (Wildman–Crippen MR) is 64.5 cm³/mol. The van der Waals surface area contributed by atoms with Crippen LogP contribution >= 0.6 is 0 Å². The maximum Gasteiger partial charge on any atom is 0.327 e. The third-order valence-corrected chi connectivity index (χ3v) is 3.27. The minimum atomic E-state index is -4.02. The number of carbonyl (C=O) groups excluding carboxylic acids is 1. The first-order valence-corrected chi connectivity index (χ1v) is 6.66. The van der Waals surface area contributed by atoms with Gasteiger partial charge in [-0.15, -0.1) is 0 Å². The van der Waals surface area contributed by atoms with Gasteiger partial charge in [0.15, 0.2) is 0 Å². The van der Waals surface area contributed by atoms with Crippen LogP contribution in [-0.2, 0) is 19.6 Å². The molecule has 1 fully saturated rings. The quantitative estimate of drug-likeness (QED) is 0.570. The number of ether oxygens (including phenoxy) is 1. The molecular weight excluding hydrogens is 258 g/mol. The van der Waals surface area contributed by atoms with Gasteiger partial charge in [0, 0.05) is 0 Å². The average molecular weight is 273 g/mol. The van der Waals surface area contributed by atoms with Crippen LogP contribution in [0.1, 0.15) is 12.5 Å². The van der Waals surface area contributed by atoms with Crippen molar-refractivity contribution in [2.75, 3.05) is 0 Å². The molecule has 6 nitrogen and oxygen atoms in total. The number of carbonyl (C=O) groups is 1. The standard InChI is InChI=1S/C7H8O3S.C4H7NO2/c1-6-2-4-7(5-3-6)11(8,9)10;1-2-3(5)4(6)7-2/h2-5H,1H3,(H,8,9,10);2-3H,5H2,1H3/t;2-,3+/m.0/s1. The molecule has 0 bridgehead atoms. The van der Waals surface area contributed by atoms with E-state index in [4.69, 9.17) is 10.3 Å². The molecule has 0 radical (unpaired) electrons. The molecule has 100 valence electrons. The monoisotopic (exact) mass is 273 g/mol. The Hall–Kier alpha value is -1.44. The molecular formula is C11H15NO5S. The van der Waals surface area contributed by atoms with Gasteiger partial charge in [-0.3, -0.25) is 9.35 Å². The first kappa shape index (κ1) is 14.6. The highest BCUT2D eigenvalue weighted by Gasteiger charge is 2.35. The Balaban J connectivity index is 0.000000199. The minimum Gasteiger partial charge on any atom is -0.459 e. The fourth-order valence-electron chi connectivity index (χ4n) is 1.16. The second-order valence-corrected chi connectivity index (χ2v) is 5.38. The summed E-state index contributed by atoms with van der Waals surface area (Å²) < 4.78 is 34.0. The van der Waals surface area contributed by atoms with E-state index in [0.717, 1.165) is 5.56 Å². The zero-order valence-electron chi connectivity index (χ0n) is 10.0. The van der Waals surface area contributed by atoms with Crippen LogP contribution < -0.4 is 5.73 Å². The summed E-state index contributed by atoms with van der Waals surface area (Å²) in [5.74, 6) is -0.285. The van der Waals surface area contributed by atoms with Crippen molar-refractivity contribution in [3.63, 3.8) is 0 Å². The summed E-state index contributed by atoms with van der Waals surface area (Å²) in [7, 11) is -4.02. The van der Waals surface area contributed by atoms with Crippen LogP contribution in [0.4, 0.5) is 0 Å². The van der Waals surface area contributed by atoms with Crippen LogP contribution in [0.25, 0.3) is 0 Å². The molecule has 2 atom stereocenters. The van der Waals surface area contributed by atoms with Crippen molar-refractivity contribution >= 4 is 16.1 Å². The maximum atomic E-state index is 10.5. The molecule has 1 heterocycles. The lowest BCUT2D eigenvalue weighted by atomic mass is 10.1. The molecule has 1 saturated heterocycles. The number of rotatable bonds is 1.